The van der Waals surface area contributed by atoms with Crippen molar-refractivity contribution in [2.45, 2.75) is 19.6 Å². The summed E-state index contributed by atoms with van der Waals surface area (Å²) in [5.41, 5.74) is 8.74. The van der Waals surface area contributed by atoms with E-state index in [9.17, 15) is 0 Å². The van der Waals surface area contributed by atoms with Gasteiger partial charge in [0.15, 0.2) is 0 Å². The molecule has 0 saturated heterocycles. The van der Waals surface area contributed by atoms with Gasteiger partial charge in [-0.1, -0.05) is 41.9 Å². The molecule has 0 radical (unpaired) electrons. The van der Waals surface area contributed by atoms with Gasteiger partial charge in [-0.25, -0.2) is 4.98 Å². The highest BCUT2D eigenvalue weighted by molar-refractivity contribution is 7.10. The Morgan fingerprint density at radius 2 is 2.00 bits per heavy atom. The van der Waals surface area contributed by atoms with E-state index >= 15 is 0 Å². The van der Waals surface area contributed by atoms with E-state index in [4.69, 9.17) is 22.1 Å². The Morgan fingerprint density at radius 3 is 2.70 bits per heavy atom. The van der Waals surface area contributed by atoms with E-state index in [-0.39, 0.29) is 6.04 Å². The fourth-order valence-electron chi connectivity index (χ4n) is 2.18. The van der Waals surface area contributed by atoms with Crippen LogP contribution < -0.4 is 10.5 Å². The minimum absolute atomic E-state index is 0.0818. The first-order valence-electron chi connectivity index (χ1n) is 7.31. The molecule has 23 heavy (non-hydrogen) atoms. The van der Waals surface area contributed by atoms with Gasteiger partial charge in [0.05, 0.1) is 11.7 Å². The summed E-state index contributed by atoms with van der Waals surface area (Å²) in [6.07, 6.45) is 0. The molecule has 1 atom stereocenters. The molecule has 1 heterocycles. The molecule has 0 bridgehead atoms. The van der Waals surface area contributed by atoms with Crippen molar-refractivity contribution in [3.8, 4) is 17.0 Å². The number of rotatable bonds is 5. The van der Waals surface area contributed by atoms with Gasteiger partial charge in [-0.15, -0.1) is 11.3 Å². The van der Waals surface area contributed by atoms with Crippen molar-refractivity contribution < 1.29 is 4.74 Å². The number of ether oxygens (including phenoxy) is 1. The van der Waals surface area contributed by atoms with Gasteiger partial charge in [0.25, 0.3) is 0 Å². The third kappa shape index (κ3) is 3.91. The van der Waals surface area contributed by atoms with E-state index in [0.29, 0.717) is 11.6 Å². The second kappa shape index (κ2) is 7.13. The highest BCUT2D eigenvalue weighted by Crippen LogP contribution is 2.34. The number of aromatic nitrogens is 1. The number of hydrogen-bond donors (Lipinski definition) is 1. The van der Waals surface area contributed by atoms with Crippen molar-refractivity contribution in [3.63, 3.8) is 0 Å². The highest BCUT2D eigenvalue weighted by atomic mass is 35.5. The molecule has 3 aromatic rings. The van der Waals surface area contributed by atoms with Crippen LogP contribution in [0.1, 0.15) is 23.5 Å². The first-order valence-corrected chi connectivity index (χ1v) is 8.57. The molecule has 0 saturated carbocycles. The molecular formula is C18H17ClN2OS. The predicted octanol–water partition coefficient (Wildman–Crippen LogP) is 5.06. The van der Waals surface area contributed by atoms with E-state index in [0.717, 1.165) is 27.6 Å². The minimum atomic E-state index is -0.0818. The maximum atomic E-state index is 6.15. The van der Waals surface area contributed by atoms with E-state index in [1.54, 1.807) is 11.3 Å². The van der Waals surface area contributed by atoms with Crippen LogP contribution >= 0.6 is 22.9 Å². The molecule has 0 aliphatic carbocycles. The van der Waals surface area contributed by atoms with Crippen molar-refractivity contribution in [2.75, 3.05) is 0 Å². The smallest absolute Gasteiger partial charge is 0.129 e. The van der Waals surface area contributed by atoms with Crippen molar-refractivity contribution >= 4 is 22.9 Å². The molecule has 3 nitrogen and oxygen atoms in total. The largest absolute Gasteiger partial charge is 0.488 e. The molecule has 3 rings (SSSR count). The highest BCUT2D eigenvalue weighted by Gasteiger charge is 2.13. The van der Waals surface area contributed by atoms with Crippen LogP contribution in [0, 0.1) is 0 Å². The number of nitrogens with zero attached hydrogens (tertiary/aromatic N) is 1. The van der Waals surface area contributed by atoms with Gasteiger partial charge < -0.3 is 10.5 Å². The van der Waals surface area contributed by atoms with Crippen LogP contribution in [0.2, 0.25) is 5.02 Å². The molecule has 2 N–H and O–H groups in total. The summed E-state index contributed by atoms with van der Waals surface area (Å²) in [7, 11) is 0. The van der Waals surface area contributed by atoms with Gasteiger partial charge in [0, 0.05) is 16.0 Å². The lowest BCUT2D eigenvalue weighted by atomic mass is 10.1. The molecule has 0 fully saturated rings. The number of hydrogen-bond acceptors (Lipinski definition) is 4. The molecule has 5 heteroatoms. The van der Waals surface area contributed by atoms with Crippen molar-refractivity contribution in [3.05, 3.63) is 69.5 Å². The minimum Gasteiger partial charge on any atom is -0.488 e. The van der Waals surface area contributed by atoms with Crippen LogP contribution in [0.4, 0.5) is 0 Å². The van der Waals surface area contributed by atoms with Crippen LogP contribution in [-0.4, -0.2) is 4.98 Å². The zero-order valence-corrected chi connectivity index (χ0v) is 14.3. The summed E-state index contributed by atoms with van der Waals surface area (Å²) in [4.78, 5) is 4.59. The third-order valence-corrected chi connectivity index (χ3v) is 4.65. The third-order valence-electron chi connectivity index (χ3n) is 3.37. The molecule has 0 aliphatic heterocycles. The molecular weight excluding hydrogens is 328 g/mol. The summed E-state index contributed by atoms with van der Waals surface area (Å²) in [6, 6.07) is 15.5. The first kappa shape index (κ1) is 16.0. The van der Waals surface area contributed by atoms with Crippen LogP contribution in [-0.2, 0) is 6.61 Å². The maximum Gasteiger partial charge on any atom is 0.129 e. The van der Waals surface area contributed by atoms with Crippen molar-refractivity contribution in [2.24, 2.45) is 5.73 Å². The Hall–Kier alpha value is -1.88. The molecule has 1 unspecified atom stereocenters. The summed E-state index contributed by atoms with van der Waals surface area (Å²) in [6.45, 7) is 2.42. The van der Waals surface area contributed by atoms with Gasteiger partial charge in [0.2, 0.25) is 0 Å². The summed E-state index contributed by atoms with van der Waals surface area (Å²) < 4.78 is 5.98. The van der Waals surface area contributed by atoms with Crippen LogP contribution in [0.15, 0.2) is 53.9 Å². The fourth-order valence-corrected chi connectivity index (χ4v) is 3.13. The average Bonchev–Trinajstić information content (AvgIpc) is 3.05. The predicted molar refractivity (Wildman–Crippen MR) is 95.9 cm³/mol. The summed E-state index contributed by atoms with van der Waals surface area (Å²) in [5.74, 6) is 0.764. The monoisotopic (exact) mass is 344 g/mol. The van der Waals surface area contributed by atoms with Crippen molar-refractivity contribution in [1.29, 1.82) is 0 Å². The molecule has 0 spiro atoms. The Morgan fingerprint density at radius 1 is 1.22 bits per heavy atom. The quantitative estimate of drug-likeness (QED) is 0.703. The van der Waals surface area contributed by atoms with Crippen LogP contribution in [0.3, 0.4) is 0 Å². The van der Waals surface area contributed by atoms with Gasteiger partial charge in [-0.2, -0.15) is 0 Å². The van der Waals surface area contributed by atoms with E-state index in [1.807, 2.05) is 60.8 Å². The zero-order valence-electron chi connectivity index (χ0n) is 12.7. The molecule has 2 aromatic carbocycles. The lowest BCUT2D eigenvalue weighted by molar-refractivity contribution is 0.307. The average molecular weight is 345 g/mol. The molecule has 0 aliphatic rings. The number of thiazole rings is 1. The lowest BCUT2D eigenvalue weighted by Crippen LogP contribution is -2.04. The topological polar surface area (TPSA) is 48.1 Å². The van der Waals surface area contributed by atoms with Crippen LogP contribution in [0.25, 0.3) is 11.3 Å². The lowest BCUT2D eigenvalue weighted by Gasteiger charge is -2.11. The van der Waals surface area contributed by atoms with Gasteiger partial charge in [-0.3, -0.25) is 0 Å². The number of nitrogens with two attached hydrogens (primary N) is 1. The Kier molecular flexibility index (Phi) is 4.96. The van der Waals surface area contributed by atoms with Gasteiger partial charge in [-0.05, 0) is 30.7 Å². The second-order valence-corrected chi connectivity index (χ2v) is 6.60. The fraction of sp³-hybridized carbons (Fsp3) is 0.167. The molecule has 1 aromatic heterocycles. The standard InChI is InChI=1S/C18H17ClN2OS/c1-12(20)18-21-16(11-23-18)15-9-14(19)7-8-17(15)22-10-13-5-3-2-4-6-13/h2-9,11-12H,10,20H2,1H3. The van der Waals surface area contributed by atoms with E-state index in [2.05, 4.69) is 4.98 Å². The summed E-state index contributed by atoms with van der Waals surface area (Å²) >= 11 is 7.70. The normalized spacial score (nSPS) is 12.1. The van der Waals surface area contributed by atoms with Crippen molar-refractivity contribution in [1.82, 2.24) is 4.98 Å². The van der Waals surface area contributed by atoms with Crippen LogP contribution in [0.5, 0.6) is 5.75 Å². The number of halogens is 1. The van der Waals surface area contributed by atoms with E-state index < -0.39 is 0 Å². The first-order chi connectivity index (χ1) is 11.1. The van der Waals surface area contributed by atoms with E-state index in [1.165, 1.54) is 0 Å². The Balaban J connectivity index is 1.88. The van der Waals surface area contributed by atoms with Gasteiger partial charge in [0.1, 0.15) is 17.4 Å². The maximum absolute atomic E-state index is 6.15. The SMILES string of the molecule is CC(N)c1nc(-c2cc(Cl)ccc2OCc2ccccc2)cs1. The Bertz CT molecular complexity index is 787. The zero-order chi connectivity index (χ0) is 16.2. The Labute approximate surface area is 144 Å². The molecule has 0 amide bonds. The molecule has 118 valence electrons. The number of benzene rings is 2. The summed E-state index contributed by atoms with van der Waals surface area (Å²) in [5, 5.41) is 3.54. The second-order valence-electron chi connectivity index (χ2n) is 5.27. The van der Waals surface area contributed by atoms with Gasteiger partial charge >= 0.3 is 0 Å².